The second-order valence-corrected chi connectivity index (χ2v) is 5.20. The van der Waals surface area contributed by atoms with Crippen LogP contribution in [0.25, 0.3) is 10.9 Å². The number of carbonyl (C=O) groups excluding carboxylic acids is 1. The Morgan fingerprint density at radius 1 is 1.29 bits per heavy atom. The van der Waals surface area contributed by atoms with Crippen molar-refractivity contribution in [2.24, 2.45) is 0 Å². The zero-order valence-electron chi connectivity index (χ0n) is 9.95. The largest absolute Gasteiger partial charge is 0.346 e. The number of carbonyl (C=O) groups is 1. The van der Waals surface area contributed by atoms with Gasteiger partial charge in [-0.05, 0) is 41.8 Å². The number of para-hydroxylation sites is 1. The summed E-state index contributed by atoms with van der Waals surface area (Å²) in [5, 5.41) is 1.25. The fourth-order valence-electron chi connectivity index (χ4n) is 2.04. The molecule has 0 fully saturated rings. The van der Waals surface area contributed by atoms with Gasteiger partial charge in [0.05, 0.1) is 0 Å². The van der Waals surface area contributed by atoms with Crippen LogP contribution in [-0.2, 0) is 11.3 Å². The lowest BCUT2D eigenvalue weighted by atomic mass is 10.2. The number of nitrogens with zero attached hydrogens (tertiary/aromatic N) is 1. The summed E-state index contributed by atoms with van der Waals surface area (Å²) in [4.78, 5) is 10.9. The van der Waals surface area contributed by atoms with E-state index in [1.807, 2.05) is 6.07 Å². The van der Waals surface area contributed by atoms with Gasteiger partial charge in [0.2, 0.25) is 0 Å². The minimum Gasteiger partial charge on any atom is -0.346 e. The summed E-state index contributed by atoms with van der Waals surface area (Å²) in [5.41, 5.74) is 1.25. The van der Waals surface area contributed by atoms with Gasteiger partial charge in [-0.1, -0.05) is 18.2 Å². The summed E-state index contributed by atoms with van der Waals surface area (Å²) >= 11 is 3.57. The predicted molar refractivity (Wildman–Crippen MR) is 74.2 cm³/mol. The molecular formula is C14H16BrNO. The molecule has 2 rings (SSSR count). The number of Topliss-reactive ketones (excluding diaryl/α,β-unsaturated/α-hetero) is 1. The van der Waals surface area contributed by atoms with Gasteiger partial charge in [0.15, 0.2) is 0 Å². The lowest BCUT2D eigenvalue weighted by Crippen LogP contribution is -1.97. The van der Waals surface area contributed by atoms with Crippen LogP contribution in [-0.4, -0.2) is 10.4 Å². The van der Waals surface area contributed by atoms with Gasteiger partial charge in [0, 0.05) is 34.5 Å². The minimum absolute atomic E-state index is 0.281. The first-order valence-corrected chi connectivity index (χ1v) is 6.70. The second-order valence-electron chi connectivity index (χ2n) is 4.35. The van der Waals surface area contributed by atoms with Crippen molar-refractivity contribution in [1.82, 2.24) is 4.57 Å². The molecule has 0 bridgehead atoms. The fourth-order valence-corrected chi connectivity index (χ4v) is 2.63. The Morgan fingerprint density at radius 2 is 2.06 bits per heavy atom. The molecule has 0 amide bonds. The van der Waals surface area contributed by atoms with E-state index in [-0.39, 0.29) is 5.78 Å². The summed E-state index contributed by atoms with van der Waals surface area (Å²) in [6, 6.07) is 8.35. The number of fused-ring (bicyclic) bond motifs is 1. The zero-order valence-corrected chi connectivity index (χ0v) is 11.5. The number of hydrogen-bond acceptors (Lipinski definition) is 1. The number of hydrogen-bond donors (Lipinski definition) is 0. The maximum Gasteiger partial charge on any atom is 0.129 e. The van der Waals surface area contributed by atoms with Crippen LogP contribution in [0, 0.1) is 0 Å². The third kappa shape index (κ3) is 2.97. The van der Waals surface area contributed by atoms with Gasteiger partial charge in [-0.3, -0.25) is 0 Å². The molecule has 0 radical (unpaired) electrons. The number of halogens is 1. The summed E-state index contributed by atoms with van der Waals surface area (Å²) in [7, 11) is 0. The zero-order chi connectivity index (χ0) is 12.3. The van der Waals surface area contributed by atoms with Crippen molar-refractivity contribution in [1.29, 1.82) is 0 Å². The first-order valence-electron chi connectivity index (χ1n) is 5.91. The number of rotatable bonds is 5. The highest BCUT2D eigenvalue weighted by Crippen LogP contribution is 2.26. The van der Waals surface area contributed by atoms with Crippen molar-refractivity contribution < 1.29 is 4.79 Å². The van der Waals surface area contributed by atoms with Crippen LogP contribution in [0.1, 0.15) is 26.2 Å². The summed E-state index contributed by atoms with van der Waals surface area (Å²) in [6.07, 6.45) is 4.84. The van der Waals surface area contributed by atoms with E-state index < -0.39 is 0 Å². The third-order valence-electron chi connectivity index (χ3n) is 2.92. The molecule has 0 spiro atoms. The number of aromatic nitrogens is 1. The number of ketones is 1. The van der Waals surface area contributed by atoms with Crippen molar-refractivity contribution in [2.75, 3.05) is 0 Å². The summed E-state index contributed by atoms with van der Waals surface area (Å²) in [5.74, 6) is 0.281. The molecule has 0 aliphatic heterocycles. The van der Waals surface area contributed by atoms with Gasteiger partial charge in [-0.2, -0.15) is 0 Å². The van der Waals surface area contributed by atoms with E-state index in [2.05, 4.69) is 44.9 Å². The molecule has 0 aliphatic carbocycles. The van der Waals surface area contributed by atoms with E-state index >= 15 is 0 Å². The Kier molecular flexibility index (Phi) is 4.00. The van der Waals surface area contributed by atoms with Crippen LogP contribution in [0.3, 0.4) is 0 Å². The number of benzene rings is 1. The molecule has 0 atom stereocenters. The van der Waals surface area contributed by atoms with Crippen LogP contribution in [0.15, 0.2) is 34.9 Å². The smallest absolute Gasteiger partial charge is 0.129 e. The van der Waals surface area contributed by atoms with E-state index in [4.69, 9.17) is 0 Å². The Bertz CT molecular complexity index is 530. The Hall–Kier alpha value is -1.09. The highest BCUT2D eigenvalue weighted by Gasteiger charge is 2.05. The standard InChI is InChI=1S/C14H16BrNO/c1-11(17)6-4-5-9-16-10-13(15)12-7-2-3-8-14(12)16/h2-3,7-8,10H,4-6,9H2,1H3. The molecular weight excluding hydrogens is 278 g/mol. The molecule has 17 heavy (non-hydrogen) atoms. The average molecular weight is 294 g/mol. The first-order chi connectivity index (χ1) is 8.18. The van der Waals surface area contributed by atoms with Crippen molar-refractivity contribution >= 4 is 32.6 Å². The van der Waals surface area contributed by atoms with Gasteiger partial charge >= 0.3 is 0 Å². The van der Waals surface area contributed by atoms with Gasteiger partial charge in [-0.15, -0.1) is 0 Å². The van der Waals surface area contributed by atoms with Crippen LogP contribution in [0.5, 0.6) is 0 Å². The predicted octanol–water partition coefficient (Wildman–Crippen LogP) is 4.16. The van der Waals surface area contributed by atoms with Crippen molar-refractivity contribution in [3.63, 3.8) is 0 Å². The van der Waals surface area contributed by atoms with Gasteiger partial charge in [-0.25, -0.2) is 0 Å². The van der Waals surface area contributed by atoms with Crippen LogP contribution in [0.2, 0.25) is 0 Å². The van der Waals surface area contributed by atoms with Crippen molar-refractivity contribution in [2.45, 2.75) is 32.7 Å². The molecule has 90 valence electrons. The minimum atomic E-state index is 0.281. The van der Waals surface area contributed by atoms with E-state index in [9.17, 15) is 4.79 Å². The van der Waals surface area contributed by atoms with Gasteiger partial charge in [0.25, 0.3) is 0 Å². The molecule has 0 unspecified atom stereocenters. The Morgan fingerprint density at radius 3 is 2.82 bits per heavy atom. The Balaban J connectivity index is 2.06. The van der Waals surface area contributed by atoms with E-state index in [0.29, 0.717) is 6.42 Å². The molecule has 3 heteroatoms. The molecule has 0 saturated heterocycles. The van der Waals surface area contributed by atoms with Crippen molar-refractivity contribution in [3.8, 4) is 0 Å². The van der Waals surface area contributed by atoms with Crippen molar-refractivity contribution in [3.05, 3.63) is 34.9 Å². The van der Waals surface area contributed by atoms with Gasteiger partial charge in [0.1, 0.15) is 5.78 Å². The highest BCUT2D eigenvalue weighted by atomic mass is 79.9. The van der Waals surface area contributed by atoms with Gasteiger partial charge < -0.3 is 9.36 Å². The lowest BCUT2D eigenvalue weighted by molar-refractivity contribution is -0.117. The molecule has 1 aromatic heterocycles. The maximum absolute atomic E-state index is 10.9. The van der Waals surface area contributed by atoms with Crippen LogP contribution in [0.4, 0.5) is 0 Å². The molecule has 1 heterocycles. The third-order valence-corrected chi connectivity index (χ3v) is 3.55. The molecule has 0 saturated carbocycles. The average Bonchev–Trinajstić information content (AvgIpc) is 2.63. The summed E-state index contributed by atoms with van der Waals surface area (Å²) < 4.78 is 3.39. The molecule has 0 aliphatic rings. The fraction of sp³-hybridized carbons (Fsp3) is 0.357. The lowest BCUT2D eigenvalue weighted by Gasteiger charge is -2.04. The highest BCUT2D eigenvalue weighted by molar-refractivity contribution is 9.10. The molecule has 1 aromatic carbocycles. The SMILES string of the molecule is CC(=O)CCCCn1cc(Br)c2ccccc21. The number of unbranched alkanes of at least 4 members (excludes halogenated alkanes) is 1. The Labute approximate surface area is 110 Å². The summed E-state index contributed by atoms with van der Waals surface area (Å²) in [6.45, 7) is 2.63. The molecule has 0 N–H and O–H groups in total. The normalized spacial score (nSPS) is 10.9. The molecule has 2 nitrogen and oxygen atoms in total. The monoisotopic (exact) mass is 293 g/mol. The quantitative estimate of drug-likeness (QED) is 0.759. The molecule has 2 aromatic rings. The number of aryl methyl sites for hydroxylation is 1. The van der Waals surface area contributed by atoms with E-state index in [1.165, 1.54) is 10.9 Å². The van der Waals surface area contributed by atoms with E-state index in [0.717, 1.165) is 23.9 Å². The van der Waals surface area contributed by atoms with Crippen LogP contribution >= 0.6 is 15.9 Å². The second kappa shape index (κ2) is 5.50. The first kappa shape index (κ1) is 12.4. The van der Waals surface area contributed by atoms with Crippen LogP contribution < -0.4 is 0 Å². The van der Waals surface area contributed by atoms with E-state index in [1.54, 1.807) is 6.92 Å². The topological polar surface area (TPSA) is 22.0 Å². The maximum atomic E-state index is 10.9.